The molecule has 0 spiro atoms. The Morgan fingerprint density at radius 3 is 2.23 bits per heavy atom. The van der Waals surface area contributed by atoms with E-state index in [4.69, 9.17) is 9.84 Å². The topological polar surface area (TPSA) is 102 Å². The van der Waals surface area contributed by atoms with E-state index in [9.17, 15) is 14.4 Å². The molecule has 9 heteroatoms. The van der Waals surface area contributed by atoms with Gasteiger partial charge in [0.15, 0.2) is 0 Å². The molecule has 1 fully saturated rings. The van der Waals surface area contributed by atoms with Crippen LogP contribution in [-0.4, -0.2) is 71.1 Å². The number of rotatable bonds is 8. The fourth-order valence-electron chi connectivity index (χ4n) is 4.39. The quantitative estimate of drug-likeness (QED) is 0.276. The Morgan fingerprint density at radius 1 is 1.15 bits per heavy atom. The van der Waals surface area contributed by atoms with Crippen LogP contribution < -0.4 is 10.1 Å². The molecule has 39 heavy (non-hydrogen) atoms. The molecule has 2 heterocycles. The molecule has 2 aliphatic rings. The van der Waals surface area contributed by atoms with Crippen molar-refractivity contribution < 1.29 is 24.2 Å². The minimum Gasteiger partial charge on any atom is -0.497 e. The number of nitrogens with one attached hydrogen (secondary N) is 1. The third-order valence-electron chi connectivity index (χ3n) is 6.54. The summed E-state index contributed by atoms with van der Waals surface area (Å²) in [5, 5.41) is 11.2. The van der Waals surface area contributed by atoms with Crippen LogP contribution in [0.1, 0.15) is 49.8 Å². The monoisotopic (exact) mass is 538 g/mol. The van der Waals surface area contributed by atoms with E-state index in [1.807, 2.05) is 65.3 Å². The molecule has 2 aromatic carbocycles. The average Bonchev–Trinajstić information content (AvgIpc) is 3.59. The lowest BCUT2D eigenvalue weighted by atomic mass is 10.1. The Balaban J connectivity index is 0.000000247. The van der Waals surface area contributed by atoms with E-state index in [-0.39, 0.29) is 6.03 Å². The molecule has 2 aliphatic heterocycles. The summed E-state index contributed by atoms with van der Waals surface area (Å²) in [6, 6.07) is 16.1. The maximum absolute atomic E-state index is 12.7. The number of amides is 4. The molecule has 212 valence electrons. The van der Waals surface area contributed by atoms with Crippen LogP contribution in [0.5, 0.6) is 5.75 Å². The molecule has 0 aromatic heterocycles. The first-order chi connectivity index (χ1) is 18.8. The van der Waals surface area contributed by atoms with Gasteiger partial charge in [-0.1, -0.05) is 49.4 Å². The van der Waals surface area contributed by atoms with Crippen LogP contribution in [0.15, 0.2) is 61.2 Å². The molecule has 1 atom stereocenters. The largest absolute Gasteiger partial charge is 0.497 e. The average molecular weight is 539 g/mol. The summed E-state index contributed by atoms with van der Waals surface area (Å²) >= 11 is 0. The summed E-state index contributed by atoms with van der Waals surface area (Å²) in [5.41, 5.74) is 3.35. The number of carboxylic acid groups (broad SMARTS) is 1. The number of methoxy groups -OCH3 is 1. The van der Waals surface area contributed by atoms with Gasteiger partial charge in [-0.15, -0.1) is 6.58 Å². The highest BCUT2D eigenvalue weighted by molar-refractivity contribution is 5.75. The van der Waals surface area contributed by atoms with E-state index in [0.717, 1.165) is 54.8 Å². The highest BCUT2D eigenvalue weighted by Crippen LogP contribution is 2.22. The second-order valence-corrected chi connectivity index (χ2v) is 9.46. The first kappa shape index (κ1) is 31.2. The van der Waals surface area contributed by atoms with E-state index in [1.54, 1.807) is 13.2 Å². The number of hydrogen-bond acceptors (Lipinski definition) is 4. The molecule has 9 nitrogen and oxygen atoms in total. The zero-order valence-corrected chi connectivity index (χ0v) is 23.3. The van der Waals surface area contributed by atoms with Crippen molar-refractivity contribution in [2.45, 2.75) is 58.8 Å². The molecule has 0 bridgehead atoms. The molecule has 2 N–H and O–H groups in total. The Kier molecular flexibility index (Phi) is 13.4. The number of urea groups is 1. The molecular formula is C30H42N4O5. The normalized spacial score (nSPS) is 15.1. The predicted molar refractivity (Wildman–Crippen MR) is 152 cm³/mol. The Hall–Kier alpha value is -4.01. The number of carbonyl (C=O) groups excluding carboxylic acids is 2. The third-order valence-corrected chi connectivity index (χ3v) is 6.54. The second-order valence-electron chi connectivity index (χ2n) is 9.46. The van der Waals surface area contributed by atoms with E-state index in [2.05, 4.69) is 18.8 Å². The van der Waals surface area contributed by atoms with E-state index in [1.165, 1.54) is 4.90 Å². The van der Waals surface area contributed by atoms with Gasteiger partial charge in [0.05, 0.1) is 7.11 Å². The van der Waals surface area contributed by atoms with Gasteiger partial charge in [-0.3, -0.25) is 9.69 Å². The lowest BCUT2D eigenvalue weighted by molar-refractivity contribution is -0.109. The minimum atomic E-state index is -0.841. The van der Waals surface area contributed by atoms with Gasteiger partial charge >= 0.3 is 12.1 Å². The number of hydrogen-bond donors (Lipinski definition) is 2. The standard InChI is InChI=1S/C17H24N2O2.C9H9NO2.C4H9NO/c1-4-11-18(17(20)19-12-5-6-14(19)2)13-15-7-9-16(21-3)10-8-15;11-9(12)10-5-7-3-1-2-4-8(7)6-10;1-2-3-5-4-6/h4,7-10,14H,1,5-6,11-13H2,2-3H3;1-4H,5-6H2,(H,11,12);4H,2-3H2,1H3,(H,5,6). The zero-order valence-electron chi connectivity index (χ0n) is 23.3. The van der Waals surface area contributed by atoms with Gasteiger partial charge in [0.25, 0.3) is 0 Å². The fraction of sp³-hybridized carbons (Fsp3) is 0.433. The van der Waals surface area contributed by atoms with Crippen molar-refractivity contribution in [1.29, 1.82) is 0 Å². The fourth-order valence-corrected chi connectivity index (χ4v) is 4.39. The van der Waals surface area contributed by atoms with Gasteiger partial charge in [0.1, 0.15) is 5.75 Å². The molecule has 0 radical (unpaired) electrons. The van der Waals surface area contributed by atoms with Crippen molar-refractivity contribution in [3.05, 3.63) is 77.9 Å². The zero-order chi connectivity index (χ0) is 28.6. The van der Waals surface area contributed by atoms with Crippen LogP contribution in [0.25, 0.3) is 0 Å². The summed E-state index contributed by atoms with van der Waals surface area (Å²) in [5.74, 6) is 0.827. The van der Waals surface area contributed by atoms with Crippen molar-refractivity contribution in [2.24, 2.45) is 0 Å². The Morgan fingerprint density at radius 2 is 1.79 bits per heavy atom. The Labute approximate surface area is 232 Å². The molecule has 0 aliphatic carbocycles. The number of ether oxygens (including phenoxy) is 1. The summed E-state index contributed by atoms with van der Waals surface area (Å²) in [4.78, 5) is 37.9. The number of nitrogens with zero attached hydrogens (tertiary/aromatic N) is 3. The van der Waals surface area contributed by atoms with Crippen LogP contribution >= 0.6 is 0 Å². The predicted octanol–water partition coefficient (Wildman–Crippen LogP) is 5.11. The molecule has 1 saturated heterocycles. The first-order valence-electron chi connectivity index (χ1n) is 13.4. The SMILES string of the molecule is C=CCN(Cc1ccc(OC)cc1)C(=O)N1CCCC1C.CCCNC=O.O=C(O)N1Cc2ccccc2C1. The van der Waals surface area contributed by atoms with Crippen molar-refractivity contribution in [2.75, 3.05) is 26.7 Å². The Bertz CT molecular complexity index is 1030. The van der Waals surface area contributed by atoms with Crippen molar-refractivity contribution in [3.63, 3.8) is 0 Å². The molecule has 1 unspecified atom stereocenters. The summed E-state index contributed by atoms with van der Waals surface area (Å²) in [6.07, 6.45) is 4.85. The molecule has 4 amide bonds. The minimum absolute atomic E-state index is 0.107. The summed E-state index contributed by atoms with van der Waals surface area (Å²) in [6.45, 7) is 11.8. The lowest BCUT2D eigenvalue weighted by Crippen LogP contribution is -2.44. The molecule has 0 saturated carbocycles. The van der Waals surface area contributed by atoms with Crippen molar-refractivity contribution in [1.82, 2.24) is 20.0 Å². The molecule has 2 aromatic rings. The number of benzene rings is 2. The lowest BCUT2D eigenvalue weighted by Gasteiger charge is -2.30. The molecule has 4 rings (SSSR count). The summed E-state index contributed by atoms with van der Waals surface area (Å²) < 4.78 is 5.16. The van der Waals surface area contributed by atoms with Gasteiger partial charge in [-0.25, -0.2) is 9.59 Å². The highest BCUT2D eigenvalue weighted by Gasteiger charge is 2.28. The maximum Gasteiger partial charge on any atom is 0.407 e. The summed E-state index contributed by atoms with van der Waals surface area (Å²) in [7, 11) is 1.65. The highest BCUT2D eigenvalue weighted by atomic mass is 16.5. The van der Waals surface area contributed by atoms with E-state index < -0.39 is 6.09 Å². The van der Waals surface area contributed by atoms with Crippen LogP contribution in [-0.2, 0) is 24.4 Å². The van der Waals surface area contributed by atoms with Gasteiger partial charge < -0.3 is 25.0 Å². The third kappa shape index (κ3) is 10.00. The number of fused-ring (bicyclic) bond motifs is 1. The van der Waals surface area contributed by atoms with E-state index in [0.29, 0.717) is 38.6 Å². The maximum atomic E-state index is 12.7. The van der Waals surface area contributed by atoms with Gasteiger partial charge in [-0.2, -0.15) is 0 Å². The molecular weight excluding hydrogens is 496 g/mol. The van der Waals surface area contributed by atoms with Crippen molar-refractivity contribution in [3.8, 4) is 5.75 Å². The van der Waals surface area contributed by atoms with Gasteiger partial charge in [0.2, 0.25) is 6.41 Å². The number of carbonyl (C=O) groups is 3. The van der Waals surface area contributed by atoms with Gasteiger partial charge in [0, 0.05) is 45.3 Å². The van der Waals surface area contributed by atoms with Crippen molar-refractivity contribution >= 4 is 18.5 Å². The van der Waals surface area contributed by atoms with Crippen LogP contribution in [0.3, 0.4) is 0 Å². The van der Waals surface area contributed by atoms with Gasteiger partial charge in [-0.05, 0) is 55.0 Å². The van der Waals surface area contributed by atoms with Crippen LogP contribution in [0.2, 0.25) is 0 Å². The van der Waals surface area contributed by atoms with Crippen LogP contribution in [0.4, 0.5) is 9.59 Å². The van der Waals surface area contributed by atoms with Crippen LogP contribution in [0, 0.1) is 0 Å². The second kappa shape index (κ2) is 16.8. The smallest absolute Gasteiger partial charge is 0.407 e. The van der Waals surface area contributed by atoms with E-state index >= 15 is 0 Å². The first-order valence-corrected chi connectivity index (χ1v) is 13.4. The number of likely N-dealkylation sites (tertiary alicyclic amines) is 1.